The third-order valence-corrected chi connectivity index (χ3v) is 2.04. The van der Waals surface area contributed by atoms with E-state index in [1.165, 1.54) is 19.3 Å². The molecule has 0 radical (unpaired) electrons. The Morgan fingerprint density at radius 3 is 3.00 bits per heavy atom. The summed E-state index contributed by atoms with van der Waals surface area (Å²) in [7, 11) is 0. The predicted molar refractivity (Wildman–Crippen MR) is 38.7 cm³/mol. The van der Waals surface area contributed by atoms with Gasteiger partial charge in [-0.05, 0) is 12.8 Å². The number of H-pyrrole nitrogens is 1. The molecule has 0 spiro atoms. The van der Waals surface area contributed by atoms with Crippen molar-refractivity contribution in [3.8, 4) is 0 Å². The van der Waals surface area contributed by atoms with E-state index in [1.54, 1.807) is 0 Å². The number of tetrazole rings is 1. The van der Waals surface area contributed by atoms with Crippen molar-refractivity contribution < 1.29 is 0 Å². The maximum Gasteiger partial charge on any atom is 0.188 e. The van der Waals surface area contributed by atoms with Crippen LogP contribution < -0.4 is 5.32 Å². The van der Waals surface area contributed by atoms with E-state index in [0.717, 1.165) is 12.4 Å². The summed E-state index contributed by atoms with van der Waals surface area (Å²) in [5.74, 6) is 0.747. The first-order valence-corrected chi connectivity index (χ1v) is 3.91. The Morgan fingerprint density at radius 1 is 1.55 bits per heavy atom. The molecule has 1 aromatic rings. The van der Waals surface area contributed by atoms with E-state index in [4.69, 9.17) is 0 Å². The lowest BCUT2D eigenvalue weighted by molar-refractivity contribution is 0.335. The Hall–Kier alpha value is -0.970. The molecule has 11 heavy (non-hydrogen) atoms. The number of nitrogens with zero attached hydrogens (tertiary/aromatic N) is 3. The zero-order chi connectivity index (χ0) is 7.52. The standard InChI is InChI=1S/C6H11N5/c1-2-5(3-1)7-4-6-8-10-11-9-6/h5,7H,1-4H2,(H,8,9,10,11). The van der Waals surface area contributed by atoms with Crippen molar-refractivity contribution in [2.75, 3.05) is 0 Å². The topological polar surface area (TPSA) is 66.5 Å². The lowest BCUT2D eigenvalue weighted by Crippen LogP contribution is -2.34. The summed E-state index contributed by atoms with van der Waals surface area (Å²) in [5.41, 5.74) is 0. The predicted octanol–water partition coefficient (Wildman–Crippen LogP) is -0.158. The summed E-state index contributed by atoms with van der Waals surface area (Å²) < 4.78 is 0. The van der Waals surface area contributed by atoms with Crippen LogP contribution >= 0.6 is 0 Å². The largest absolute Gasteiger partial charge is 0.307 e. The van der Waals surface area contributed by atoms with E-state index >= 15 is 0 Å². The van der Waals surface area contributed by atoms with Gasteiger partial charge in [0.25, 0.3) is 0 Å². The van der Waals surface area contributed by atoms with Crippen molar-refractivity contribution in [1.29, 1.82) is 0 Å². The van der Waals surface area contributed by atoms with Crippen LogP contribution in [0.3, 0.4) is 0 Å². The summed E-state index contributed by atoms with van der Waals surface area (Å²) in [4.78, 5) is 0. The molecule has 2 N–H and O–H groups in total. The van der Waals surface area contributed by atoms with Gasteiger partial charge in [-0.25, -0.2) is 0 Å². The van der Waals surface area contributed by atoms with Gasteiger partial charge < -0.3 is 5.32 Å². The summed E-state index contributed by atoms with van der Waals surface area (Å²) in [6, 6.07) is 0.688. The molecule has 0 unspecified atom stereocenters. The molecular formula is C6H11N5. The molecule has 60 valence electrons. The van der Waals surface area contributed by atoms with Gasteiger partial charge in [0.05, 0.1) is 6.54 Å². The van der Waals surface area contributed by atoms with Crippen molar-refractivity contribution >= 4 is 0 Å². The third-order valence-electron chi connectivity index (χ3n) is 2.04. The smallest absolute Gasteiger partial charge is 0.188 e. The minimum Gasteiger partial charge on any atom is -0.307 e. The number of rotatable bonds is 3. The van der Waals surface area contributed by atoms with Gasteiger partial charge in [0.15, 0.2) is 5.82 Å². The average Bonchev–Trinajstić information content (AvgIpc) is 2.36. The molecule has 1 aliphatic rings. The van der Waals surface area contributed by atoms with E-state index in [1.807, 2.05) is 0 Å². The second kappa shape index (κ2) is 2.96. The molecule has 1 aliphatic carbocycles. The molecule has 5 heteroatoms. The normalized spacial score (nSPS) is 18.2. The van der Waals surface area contributed by atoms with Crippen LogP contribution in [0.2, 0.25) is 0 Å². The molecular weight excluding hydrogens is 142 g/mol. The lowest BCUT2D eigenvalue weighted by atomic mass is 9.93. The Bertz CT molecular complexity index is 203. The molecule has 0 amide bonds. The van der Waals surface area contributed by atoms with Crippen LogP contribution in [0.4, 0.5) is 0 Å². The second-order valence-corrected chi connectivity index (χ2v) is 2.84. The van der Waals surface area contributed by atoms with Crippen molar-refractivity contribution in [3.05, 3.63) is 5.82 Å². The minimum absolute atomic E-state index is 0.688. The Morgan fingerprint density at radius 2 is 2.45 bits per heavy atom. The quantitative estimate of drug-likeness (QED) is 0.633. The van der Waals surface area contributed by atoms with Crippen molar-refractivity contribution in [2.24, 2.45) is 0 Å². The first-order valence-electron chi connectivity index (χ1n) is 3.91. The molecule has 0 aromatic carbocycles. The first-order chi connectivity index (χ1) is 5.45. The van der Waals surface area contributed by atoms with E-state index in [2.05, 4.69) is 25.9 Å². The van der Waals surface area contributed by atoms with Gasteiger partial charge in [0.1, 0.15) is 0 Å². The lowest BCUT2D eigenvalue weighted by Gasteiger charge is -2.25. The molecule has 0 bridgehead atoms. The highest BCUT2D eigenvalue weighted by Crippen LogP contribution is 2.17. The molecule has 5 nitrogen and oxygen atoms in total. The van der Waals surface area contributed by atoms with Crippen LogP contribution in [0.15, 0.2) is 0 Å². The van der Waals surface area contributed by atoms with E-state index in [-0.39, 0.29) is 0 Å². The number of nitrogens with one attached hydrogen (secondary N) is 2. The highest BCUT2D eigenvalue weighted by atomic mass is 15.5. The van der Waals surface area contributed by atoms with Crippen LogP contribution in [-0.2, 0) is 6.54 Å². The second-order valence-electron chi connectivity index (χ2n) is 2.84. The molecule has 1 heterocycles. The molecule has 2 rings (SSSR count). The Balaban J connectivity index is 1.74. The van der Waals surface area contributed by atoms with Crippen molar-refractivity contribution in [3.63, 3.8) is 0 Å². The van der Waals surface area contributed by atoms with Crippen LogP contribution in [0.5, 0.6) is 0 Å². The molecule has 1 fully saturated rings. The van der Waals surface area contributed by atoms with Gasteiger partial charge in [-0.1, -0.05) is 11.6 Å². The fourth-order valence-corrected chi connectivity index (χ4v) is 1.11. The van der Waals surface area contributed by atoms with Crippen molar-refractivity contribution in [2.45, 2.75) is 31.8 Å². The molecule has 0 saturated heterocycles. The van der Waals surface area contributed by atoms with Crippen LogP contribution in [-0.4, -0.2) is 26.7 Å². The zero-order valence-corrected chi connectivity index (χ0v) is 6.25. The fraction of sp³-hybridized carbons (Fsp3) is 0.833. The molecule has 0 atom stereocenters. The summed E-state index contributed by atoms with van der Waals surface area (Å²) in [6.07, 6.45) is 3.93. The monoisotopic (exact) mass is 153 g/mol. The van der Waals surface area contributed by atoms with Crippen LogP contribution in [0.25, 0.3) is 0 Å². The average molecular weight is 153 g/mol. The summed E-state index contributed by atoms with van der Waals surface area (Å²) in [6.45, 7) is 0.737. The number of hydrogen-bond donors (Lipinski definition) is 2. The maximum absolute atomic E-state index is 3.84. The molecule has 1 saturated carbocycles. The van der Waals surface area contributed by atoms with E-state index < -0.39 is 0 Å². The Kier molecular flexibility index (Phi) is 1.81. The fourth-order valence-electron chi connectivity index (χ4n) is 1.11. The van der Waals surface area contributed by atoms with Gasteiger partial charge in [0, 0.05) is 6.04 Å². The number of hydrogen-bond acceptors (Lipinski definition) is 4. The van der Waals surface area contributed by atoms with Crippen molar-refractivity contribution in [1.82, 2.24) is 25.9 Å². The maximum atomic E-state index is 3.84. The SMILES string of the molecule is C1CC(NCc2nn[nH]n2)C1. The van der Waals surface area contributed by atoms with Crippen LogP contribution in [0.1, 0.15) is 25.1 Å². The van der Waals surface area contributed by atoms with Gasteiger partial charge in [-0.3, -0.25) is 0 Å². The number of aromatic amines is 1. The number of aromatic nitrogens is 4. The summed E-state index contributed by atoms with van der Waals surface area (Å²) >= 11 is 0. The van der Waals surface area contributed by atoms with E-state index in [9.17, 15) is 0 Å². The van der Waals surface area contributed by atoms with Crippen LogP contribution in [0, 0.1) is 0 Å². The minimum atomic E-state index is 0.688. The van der Waals surface area contributed by atoms with Gasteiger partial charge in [-0.15, -0.1) is 10.2 Å². The Labute approximate surface area is 64.6 Å². The van der Waals surface area contributed by atoms with Gasteiger partial charge in [-0.2, -0.15) is 5.21 Å². The van der Waals surface area contributed by atoms with Gasteiger partial charge in [0.2, 0.25) is 0 Å². The molecule has 0 aliphatic heterocycles. The summed E-state index contributed by atoms with van der Waals surface area (Å²) in [5, 5.41) is 16.9. The highest BCUT2D eigenvalue weighted by Gasteiger charge is 2.16. The third kappa shape index (κ3) is 1.54. The first kappa shape index (κ1) is 6.72. The highest BCUT2D eigenvalue weighted by molar-refractivity contribution is 4.81. The van der Waals surface area contributed by atoms with E-state index in [0.29, 0.717) is 6.04 Å². The zero-order valence-electron chi connectivity index (χ0n) is 6.25. The van der Waals surface area contributed by atoms with Gasteiger partial charge >= 0.3 is 0 Å². The molecule has 1 aromatic heterocycles.